The van der Waals surface area contributed by atoms with Crippen molar-refractivity contribution in [3.05, 3.63) is 0 Å². The van der Waals surface area contributed by atoms with E-state index >= 15 is 0 Å². The van der Waals surface area contributed by atoms with E-state index in [4.69, 9.17) is 52.1 Å². The van der Waals surface area contributed by atoms with Crippen LogP contribution in [0.25, 0.3) is 0 Å². The first-order valence-corrected chi connectivity index (χ1v) is 43.5. The molecule has 0 aromatic heterocycles. The normalized spacial score (nSPS) is 12.9. The predicted octanol–water partition coefficient (Wildman–Crippen LogP) is 15.7. The topological polar surface area (TPSA) is 385 Å². The largest absolute Gasteiger partial charge is 0.462 e. The van der Waals surface area contributed by atoms with Crippen LogP contribution in [0.15, 0.2) is 0 Å². The van der Waals surface area contributed by atoms with Crippen molar-refractivity contribution in [1.82, 2.24) is 40.9 Å². The van der Waals surface area contributed by atoms with Crippen LogP contribution in [-0.2, 0) is 85.7 Å². The van der Waals surface area contributed by atoms with Crippen molar-refractivity contribution in [2.45, 2.75) is 391 Å². The van der Waals surface area contributed by atoms with Gasteiger partial charge in [0.25, 0.3) is 5.91 Å². The van der Waals surface area contributed by atoms with Gasteiger partial charge >= 0.3 is 66.4 Å². The first-order chi connectivity index (χ1) is 55.2. The van der Waals surface area contributed by atoms with Crippen LogP contribution in [0.4, 0.5) is 28.8 Å². The number of ether oxygens (including phenoxy) is 11. The standard InChI is InChI=1S/C87H158N8O24/c1-64(96)109-63-70(110-65(2)97)72(111-66(3)98)73(112-67(4)99)74(113-68(5)100)75(102)89-52-42-37-34-32-30-28-26-24-25-27-29-31-33-35-40-50-71(101)88-51-41-38-36-39-49-69(61-94(80(107)118-86(18,19)20)57-45-43-55-92(78(105)116-84(12,13)14)59-47-53-90-76(103)114-82(6,7)8)62-95(81(108)119-87(21,22)23)58-46-44-56-93(79(106)117-85(15,16)17)60-48-54-91-77(104)115-83(9,10)11/h69-70,72-74H,24-63H2,1-23H3,(H,88,101)(H,89,102)(H,90,103)(H,91,104)/t70-,72-,73+,74-/m1/s1. The van der Waals surface area contributed by atoms with E-state index in [0.717, 1.165) is 144 Å². The van der Waals surface area contributed by atoms with Crippen molar-refractivity contribution < 1.29 is 114 Å². The molecule has 0 unspecified atom stereocenters. The molecule has 0 aliphatic carbocycles. The molecule has 0 radical (unpaired) electrons. The minimum atomic E-state index is -1.83. The van der Waals surface area contributed by atoms with Crippen molar-refractivity contribution in [2.75, 3.05) is 85.1 Å². The minimum Gasteiger partial charge on any atom is -0.462 e. The number of carbonyl (C=O) groups is 13. The number of amides is 8. The zero-order chi connectivity index (χ0) is 90.6. The highest BCUT2D eigenvalue weighted by atomic mass is 16.6. The SMILES string of the molecule is CC(=O)OC[C@@H](OC(C)=O)[C@@H](OC(C)=O)[C@H](OC(C)=O)[C@@H](OC(C)=O)C(=O)NCCCCCCCCCCCCCCCCCC(=O)NCCCCCCC(CN(CCCCN(CCCNC(=O)OC(C)(C)C)C(=O)OC(C)(C)C)C(=O)OC(C)(C)C)CN(CCCCN(CCCNC(=O)OC(C)(C)C)C(=O)OC(C)(C)C)C(=O)OC(C)(C)C. The van der Waals surface area contributed by atoms with Crippen LogP contribution in [0.1, 0.15) is 333 Å². The van der Waals surface area contributed by atoms with Crippen molar-refractivity contribution in [1.29, 1.82) is 0 Å². The Kier molecular flexibility index (Phi) is 54.8. The lowest BCUT2D eigenvalue weighted by Gasteiger charge is -2.34. The van der Waals surface area contributed by atoms with Crippen LogP contribution in [0.3, 0.4) is 0 Å². The zero-order valence-corrected chi connectivity index (χ0v) is 77.3. The Labute approximate surface area is 712 Å². The molecule has 0 fully saturated rings. The molecule has 0 bridgehead atoms. The molecule has 0 aliphatic heterocycles. The van der Waals surface area contributed by atoms with Crippen LogP contribution < -0.4 is 21.3 Å². The Hall–Kier alpha value is -8.09. The third kappa shape index (κ3) is 63.6. The predicted molar refractivity (Wildman–Crippen MR) is 453 cm³/mol. The Balaban J connectivity index is 5.83. The van der Waals surface area contributed by atoms with Crippen molar-refractivity contribution in [3.63, 3.8) is 0 Å². The average molecular weight is 1700 g/mol. The highest BCUT2D eigenvalue weighted by Crippen LogP contribution is 2.25. The summed E-state index contributed by atoms with van der Waals surface area (Å²) >= 11 is 0. The van der Waals surface area contributed by atoms with Gasteiger partial charge in [-0.1, -0.05) is 103 Å². The molecule has 690 valence electrons. The number of hydrogen-bond acceptors (Lipinski definition) is 24. The van der Waals surface area contributed by atoms with E-state index in [2.05, 4.69) is 21.3 Å². The third-order valence-electron chi connectivity index (χ3n) is 17.5. The number of nitrogens with one attached hydrogen (secondary N) is 4. The second kappa shape index (κ2) is 58.8. The Bertz CT molecular complexity index is 2890. The molecular weight excluding hydrogens is 1540 g/mol. The Morgan fingerprint density at radius 3 is 0.924 bits per heavy atom. The highest BCUT2D eigenvalue weighted by Gasteiger charge is 2.47. The summed E-state index contributed by atoms with van der Waals surface area (Å²) in [5, 5.41) is 11.3. The molecule has 0 saturated heterocycles. The fraction of sp³-hybridized carbons (Fsp3) is 0.851. The van der Waals surface area contributed by atoms with Crippen LogP contribution in [0, 0.1) is 5.92 Å². The molecule has 4 atom stereocenters. The molecule has 4 N–H and O–H groups in total. The summed E-state index contributed by atoms with van der Waals surface area (Å²) in [6.07, 6.45) is 12.5. The monoisotopic (exact) mass is 1700 g/mol. The molecular formula is C87H158N8O24. The summed E-state index contributed by atoms with van der Waals surface area (Å²) in [6.45, 7) is 40.4. The number of unbranched alkanes of at least 4 members (excludes halogenated alkanes) is 19. The van der Waals surface area contributed by atoms with Gasteiger partial charge in [-0.2, -0.15) is 0 Å². The minimum absolute atomic E-state index is 0.0377. The van der Waals surface area contributed by atoms with Gasteiger partial charge in [-0.05, 0) is 195 Å². The highest BCUT2D eigenvalue weighted by molar-refractivity contribution is 5.85. The van der Waals surface area contributed by atoms with E-state index in [1.807, 2.05) is 41.5 Å². The molecule has 0 aromatic rings. The molecule has 32 nitrogen and oxygen atoms in total. The summed E-state index contributed by atoms with van der Waals surface area (Å²) in [6, 6.07) is 0. The summed E-state index contributed by atoms with van der Waals surface area (Å²) in [7, 11) is 0. The van der Waals surface area contributed by atoms with Crippen LogP contribution in [0.5, 0.6) is 0 Å². The van der Waals surface area contributed by atoms with Gasteiger partial charge in [-0.3, -0.25) is 33.6 Å². The maximum Gasteiger partial charge on any atom is 0.410 e. The quantitative estimate of drug-likeness (QED) is 0.0250. The Morgan fingerprint density at radius 2 is 0.580 bits per heavy atom. The molecule has 32 heteroatoms. The Morgan fingerprint density at radius 1 is 0.286 bits per heavy atom. The van der Waals surface area contributed by atoms with E-state index in [1.165, 1.54) is 6.42 Å². The fourth-order valence-electron chi connectivity index (χ4n) is 12.4. The number of alkyl carbamates (subject to hydrolysis) is 2. The average Bonchev–Trinajstić information content (AvgIpc) is 0.817. The molecule has 0 saturated carbocycles. The number of carbonyl (C=O) groups excluding carboxylic acids is 13. The van der Waals surface area contributed by atoms with Crippen LogP contribution in [0.2, 0.25) is 0 Å². The smallest absolute Gasteiger partial charge is 0.410 e. The summed E-state index contributed by atoms with van der Waals surface area (Å²) in [5.41, 5.74) is -4.53. The molecule has 0 rings (SSSR count). The number of rotatable bonds is 57. The third-order valence-corrected chi connectivity index (χ3v) is 17.5. The lowest BCUT2D eigenvalue weighted by atomic mass is 9.98. The summed E-state index contributed by atoms with van der Waals surface area (Å²) in [4.78, 5) is 174. The van der Waals surface area contributed by atoms with Crippen molar-refractivity contribution in [2.24, 2.45) is 5.92 Å². The van der Waals surface area contributed by atoms with E-state index in [-0.39, 0.29) is 57.6 Å². The van der Waals surface area contributed by atoms with Gasteiger partial charge in [0.2, 0.25) is 12.0 Å². The number of hydrogen-bond donors (Lipinski definition) is 4. The molecule has 0 aliphatic rings. The molecule has 0 spiro atoms. The van der Waals surface area contributed by atoms with E-state index in [1.54, 1.807) is 103 Å². The van der Waals surface area contributed by atoms with Gasteiger partial charge < -0.3 is 93.0 Å². The maximum atomic E-state index is 14.4. The molecule has 119 heavy (non-hydrogen) atoms. The summed E-state index contributed by atoms with van der Waals surface area (Å²) < 4.78 is 60.8. The number of esters is 5. The number of nitrogens with zero attached hydrogens (tertiary/aromatic N) is 4. The van der Waals surface area contributed by atoms with Gasteiger partial charge in [0, 0.05) is 120 Å². The molecule has 8 amide bonds. The zero-order valence-electron chi connectivity index (χ0n) is 77.3. The first kappa shape index (κ1) is 111. The van der Waals surface area contributed by atoms with Gasteiger partial charge in [0.05, 0.1) is 0 Å². The van der Waals surface area contributed by atoms with E-state index < -0.39 is 137 Å². The van der Waals surface area contributed by atoms with Gasteiger partial charge in [0.1, 0.15) is 40.2 Å². The van der Waals surface area contributed by atoms with E-state index in [9.17, 15) is 62.3 Å². The summed E-state index contributed by atoms with van der Waals surface area (Å²) in [5.74, 6) is -5.42. The molecule has 0 heterocycles. The van der Waals surface area contributed by atoms with E-state index in [0.29, 0.717) is 90.5 Å². The molecule has 0 aromatic carbocycles. The van der Waals surface area contributed by atoms with Gasteiger partial charge in [-0.15, -0.1) is 0 Å². The lowest BCUT2D eigenvalue weighted by molar-refractivity contribution is -0.203. The fourth-order valence-corrected chi connectivity index (χ4v) is 12.4. The van der Waals surface area contributed by atoms with Gasteiger partial charge in [-0.25, -0.2) is 28.8 Å². The first-order valence-electron chi connectivity index (χ1n) is 43.5. The van der Waals surface area contributed by atoms with Crippen molar-refractivity contribution >= 4 is 78.2 Å². The lowest BCUT2D eigenvalue weighted by Crippen LogP contribution is -2.57. The second-order valence-electron chi connectivity index (χ2n) is 36.7. The van der Waals surface area contributed by atoms with Gasteiger partial charge in [0.15, 0.2) is 18.3 Å². The van der Waals surface area contributed by atoms with Crippen LogP contribution >= 0.6 is 0 Å². The maximum absolute atomic E-state index is 14.4. The van der Waals surface area contributed by atoms with Crippen molar-refractivity contribution in [3.8, 4) is 0 Å². The second-order valence-corrected chi connectivity index (χ2v) is 36.7. The van der Waals surface area contributed by atoms with Crippen LogP contribution in [-0.4, -0.2) is 241 Å².